The van der Waals surface area contributed by atoms with Crippen LogP contribution in [0.1, 0.15) is 34.1 Å². The molecule has 6 heteroatoms. The van der Waals surface area contributed by atoms with Gasteiger partial charge in [0.05, 0.1) is 0 Å². The van der Waals surface area contributed by atoms with Crippen molar-refractivity contribution < 1.29 is 19.1 Å². The standard InChI is InChI=1S/C11H20N2O4/c1-7(14)16-9-5-8(12)6-13(9)10(15)17-11(2,3)4/h8-9H,5-6,12H2,1-4H3/t8-,9+/m0/s1. The predicted molar refractivity (Wildman–Crippen MR) is 61.1 cm³/mol. The molecule has 98 valence electrons. The third kappa shape index (κ3) is 4.22. The minimum Gasteiger partial charge on any atom is -0.444 e. The lowest BCUT2D eigenvalue weighted by Gasteiger charge is -2.27. The SMILES string of the molecule is CC(=O)O[C@@H]1C[C@H](N)CN1C(=O)OC(C)(C)C. The van der Waals surface area contributed by atoms with E-state index in [4.69, 9.17) is 15.2 Å². The Balaban J connectivity index is 2.66. The zero-order chi connectivity index (χ0) is 13.2. The van der Waals surface area contributed by atoms with Gasteiger partial charge in [-0.25, -0.2) is 4.79 Å². The Kier molecular flexibility index (Phi) is 3.98. The summed E-state index contributed by atoms with van der Waals surface area (Å²) in [7, 11) is 0. The maximum Gasteiger partial charge on any atom is 0.413 e. The molecule has 0 aromatic carbocycles. The molecule has 1 rings (SSSR count). The summed E-state index contributed by atoms with van der Waals surface area (Å²) < 4.78 is 10.3. The van der Waals surface area contributed by atoms with Crippen LogP contribution >= 0.6 is 0 Å². The molecule has 1 aliphatic rings. The summed E-state index contributed by atoms with van der Waals surface area (Å²) in [4.78, 5) is 24.1. The summed E-state index contributed by atoms with van der Waals surface area (Å²) in [5.41, 5.74) is 5.17. The van der Waals surface area contributed by atoms with Crippen LogP contribution in [-0.2, 0) is 14.3 Å². The molecule has 0 unspecified atom stereocenters. The highest BCUT2D eigenvalue weighted by Crippen LogP contribution is 2.21. The largest absolute Gasteiger partial charge is 0.444 e. The maximum atomic E-state index is 11.9. The molecule has 0 aromatic rings. The topological polar surface area (TPSA) is 81.9 Å². The number of hydrogen-bond donors (Lipinski definition) is 1. The number of amides is 1. The summed E-state index contributed by atoms with van der Waals surface area (Å²) in [6, 6.07) is -0.188. The van der Waals surface area contributed by atoms with E-state index in [9.17, 15) is 9.59 Å². The molecule has 0 spiro atoms. The molecule has 0 bridgehead atoms. The minimum absolute atomic E-state index is 0.188. The van der Waals surface area contributed by atoms with Gasteiger partial charge in [0.15, 0.2) is 6.23 Å². The fourth-order valence-electron chi connectivity index (χ4n) is 1.65. The summed E-state index contributed by atoms with van der Waals surface area (Å²) in [6.45, 7) is 6.98. The van der Waals surface area contributed by atoms with Crippen molar-refractivity contribution in [3.8, 4) is 0 Å². The first-order valence-electron chi connectivity index (χ1n) is 5.61. The van der Waals surface area contributed by atoms with Crippen LogP contribution in [0.15, 0.2) is 0 Å². The normalized spacial score (nSPS) is 24.6. The molecule has 0 saturated carbocycles. The van der Waals surface area contributed by atoms with Gasteiger partial charge < -0.3 is 15.2 Å². The quantitative estimate of drug-likeness (QED) is 0.691. The highest BCUT2D eigenvalue weighted by molar-refractivity contribution is 5.70. The van der Waals surface area contributed by atoms with Crippen molar-refractivity contribution in [3.63, 3.8) is 0 Å². The molecule has 0 aliphatic carbocycles. The number of rotatable bonds is 1. The zero-order valence-electron chi connectivity index (χ0n) is 10.7. The summed E-state index contributed by atoms with van der Waals surface area (Å²) in [5.74, 6) is -0.433. The number of carbonyl (C=O) groups excluding carboxylic acids is 2. The van der Waals surface area contributed by atoms with E-state index >= 15 is 0 Å². The Morgan fingerprint density at radius 2 is 1.94 bits per heavy atom. The van der Waals surface area contributed by atoms with Gasteiger partial charge in [0, 0.05) is 25.9 Å². The second kappa shape index (κ2) is 4.91. The number of ether oxygens (including phenoxy) is 2. The van der Waals surface area contributed by atoms with Crippen LogP contribution < -0.4 is 5.73 Å². The second-order valence-corrected chi connectivity index (χ2v) is 5.19. The van der Waals surface area contributed by atoms with Gasteiger partial charge in [0.2, 0.25) is 0 Å². The van der Waals surface area contributed by atoms with Crippen molar-refractivity contribution in [3.05, 3.63) is 0 Å². The summed E-state index contributed by atoms with van der Waals surface area (Å²) in [6.07, 6.45) is -0.673. The maximum absolute atomic E-state index is 11.9. The molecule has 1 heterocycles. The molecule has 6 nitrogen and oxygen atoms in total. The number of nitrogens with zero attached hydrogens (tertiary/aromatic N) is 1. The van der Waals surface area contributed by atoms with Crippen LogP contribution in [0.4, 0.5) is 4.79 Å². The molecule has 1 saturated heterocycles. The van der Waals surface area contributed by atoms with Gasteiger partial charge in [-0.3, -0.25) is 9.69 Å². The van der Waals surface area contributed by atoms with Crippen LogP contribution in [0.25, 0.3) is 0 Å². The fraction of sp³-hybridized carbons (Fsp3) is 0.818. The molecule has 2 atom stereocenters. The molecular weight excluding hydrogens is 224 g/mol. The van der Waals surface area contributed by atoms with E-state index in [1.807, 2.05) is 0 Å². The van der Waals surface area contributed by atoms with E-state index in [1.54, 1.807) is 20.8 Å². The van der Waals surface area contributed by atoms with Crippen LogP contribution in [0.5, 0.6) is 0 Å². The van der Waals surface area contributed by atoms with Gasteiger partial charge in [0.25, 0.3) is 0 Å². The zero-order valence-corrected chi connectivity index (χ0v) is 10.7. The summed E-state index contributed by atoms with van der Waals surface area (Å²) >= 11 is 0. The molecule has 17 heavy (non-hydrogen) atoms. The van der Waals surface area contributed by atoms with E-state index in [0.717, 1.165) is 0 Å². The van der Waals surface area contributed by atoms with Crippen LogP contribution in [0.2, 0.25) is 0 Å². The Morgan fingerprint density at radius 3 is 2.41 bits per heavy atom. The van der Waals surface area contributed by atoms with Gasteiger partial charge in [-0.2, -0.15) is 0 Å². The third-order valence-electron chi connectivity index (χ3n) is 2.21. The molecule has 1 aliphatic heterocycles. The molecule has 1 fully saturated rings. The lowest BCUT2D eigenvalue weighted by atomic mass is 10.2. The van der Waals surface area contributed by atoms with Gasteiger partial charge in [-0.1, -0.05) is 0 Å². The lowest BCUT2D eigenvalue weighted by Crippen LogP contribution is -2.42. The average Bonchev–Trinajstić information content (AvgIpc) is 2.42. The van der Waals surface area contributed by atoms with E-state index in [0.29, 0.717) is 13.0 Å². The second-order valence-electron chi connectivity index (χ2n) is 5.19. The lowest BCUT2D eigenvalue weighted by molar-refractivity contribution is -0.152. The number of nitrogens with two attached hydrogens (primary N) is 1. The van der Waals surface area contributed by atoms with Crippen LogP contribution in [0, 0.1) is 0 Å². The minimum atomic E-state index is -0.614. The molecule has 0 aromatic heterocycles. The number of carbonyl (C=O) groups is 2. The first-order valence-corrected chi connectivity index (χ1v) is 5.61. The van der Waals surface area contributed by atoms with Crippen molar-refractivity contribution in [1.29, 1.82) is 0 Å². The van der Waals surface area contributed by atoms with Crippen molar-refractivity contribution in [2.45, 2.75) is 52.0 Å². The first-order chi connectivity index (χ1) is 7.69. The first kappa shape index (κ1) is 13.8. The highest BCUT2D eigenvalue weighted by atomic mass is 16.6. The van der Waals surface area contributed by atoms with E-state index in [2.05, 4.69) is 0 Å². The van der Waals surface area contributed by atoms with Crippen molar-refractivity contribution in [1.82, 2.24) is 4.90 Å². The Morgan fingerprint density at radius 1 is 1.35 bits per heavy atom. The predicted octanol–water partition coefficient (Wildman–Crippen LogP) is 0.844. The Bertz CT molecular complexity index is 311. The number of hydrogen-bond acceptors (Lipinski definition) is 5. The van der Waals surface area contributed by atoms with Gasteiger partial charge in [-0.05, 0) is 20.8 Å². The molecule has 1 amide bonds. The molecule has 0 radical (unpaired) electrons. The Hall–Kier alpha value is -1.30. The number of likely N-dealkylation sites (tertiary alicyclic amines) is 1. The molecular formula is C11H20N2O4. The third-order valence-corrected chi connectivity index (χ3v) is 2.21. The van der Waals surface area contributed by atoms with Crippen LogP contribution in [0.3, 0.4) is 0 Å². The van der Waals surface area contributed by atoms with E-state index < -0.39 is 23.9 Å². The van der Waals surface area contributed by atoms with E-state index in [1.165, 1.54) is 11.8 Å². The van der Waals surface area contributed by atoms with Gasteiger partial charge in [-0.15, -0.1) is 0 Å². The molecule has 2 N–H and O–H groups in total. The smallest absolute Gasteiger partial charge is 0.413 e. The van der Waals surface area contributed by atoms with Crippen molar-refractivity contribution in [2.24, 2.45) is 5.73 Å². The van der Waals surface area contributed by atoms with Gasteiger partial charge in [0.1, 0.15) is 5.60 Å². The number of esters is 1. The Labute approximate surface area is 101 Å². The van der Waals surface area contributed by atoms with Crippen LogP contribution in [-0.4, -0.2) is 41.4 Å². The van der Waals surface area contributed by atoms with Gasteiger partial charge >= 0.3 is 12.1 Å². The average molecular weight is 244 g/mol. The monoisotopic (exact) mass is 244 g/mol. The van der Waals surface area contributed by atoms with Crippen molar-refractivity contribution in [2.75, 3.05) is 6.54 Å². The fourth-order valence-corrected chi connectivity index (χ4v) is 1.65. The highest BCUT2D eigenvalue weighted by Gasteiger charge is 2.37. The van der Waals surface area contributed by atoms with Crippen molar-refractivity contribution >= 4 is 12.1 Å². The summed E-state index contributed by atoms with van der Waals surface area (Å²) in [5, 5.41) is 0. The van der Waals surface area contributed by atoms with E-state index in [-0.39, 0.29) is 6.04 Å².